The summed E-state index contributed by atoms with van der Waals surface area (Å²) in [4.78, 5) is 12.9. The largest absolute Gasteiger partial charge is 0.508 e. The fraction of sp³-hybridized carbons (Fsp3) is 0.188. The molecule has 2 N–H and O–H groups in total. The Morgan fingerprint density at radius 2 is 1.76 bits per heavy atom. The van der Waals surface area contributed by atoms with E-state index in [0.717, 1.165) is 21.2 Å². The first kappa shape index (κ1) is 15.7. The van der Waals surface area contributed by atoms with Gasteiger partial charge in [-0.25, -0.2) is 0 Å². The topological polar surface area (TPSA) is 49.3 Å². The second-order valence-electron chi connectivity index (χ2n) is 4.50. The van der Waals surface area contributed by atoms with E-state index in [-0.39, 0.29) is 11.7 Å². The van der Waals surface area contributed by atoms with Crippen LogP contribution in [-0.4, -0.2) is 23.3 Å². The summed E-state index contributed by atoms with van der Waals surface area (Å²) in [5, 5.41) is 12.8. The molecule has 0 aliphatic heterocycles. The van der Waals surface area contributed by atoms with Crippen LogP contribution < -0.4 is 5.32 Å². The first-order valence-electron chi connectivity index (χ1n) is 6.56. The van der Waals surface area contributed by atoms with Gasteiger partial charge in [0.2, 0.25) is 5.91 Å². The Balaban J connectivity index is 1.67. The van der Waals surface area contributed by atoms with Crippen molar-refractivity contribution in [1.29, 1.82) is 0 Å². The third kappa shape index (κ3) is 5.69. The number of benzene rings is 2. The van der Waals surface area contributed by atoms with Crippen LogP contribution in [0.2, 0.25) is 5.02 Å². The molecule has 0 radical (unpaired) electrons. The Morgan fingerprint density at radius 1 is 1.10 bits per heavy atom. The molecule has 5 heteroatoms. The lowest BCUT2D eigenvalue weighted by Crippen LogP contribution is -2.27. The summed E-state index contributed by atoms with van der Waals surface area (Å²) in [6.45, 7) is 0.615. The molecule has 0 unspecified atom stereocenters. The lowest BCUT2D eigenvalue weighted by atomic mass is 10.1. The maximum absolute atomic E-state index is 11.8. The summed E-state index contributed by atoms with van der Waals surface area (Å²) >= 11 is 7.49. The number of halogens is 1. The van der Waals surface area contributed by atoms with Gasteiger partial charge in [-0.05, 0) is 42.0 Å². The number of amides is 1. The number of carbonyl (C=O) groups excluding carboxylic acids is 1. The molecule has 3 nitrogen and oxygen atoms in total. The molecule has 0 heterocycles. The Morgan fingerprint density at radius 3 is 2.43 bits per heavy atom. The highest BCUT2D eigenvalue weighted by atomic mass is 35.5. The quantitative estimate of drug-likeness (QED) is 0.632. The van der Waals surface area contributed by atoms with Crippen LogP contribution >= 0.6 is 23.4 Å². The first-order valence-corrected chi connectivity index (χ1v) is 7.93. The summed E-state index contributed by atoms with van der Waals surface area (Å²) in [6.07, 6.45) is 0.325. The van der Waals surface area contributed by atoms with Crippen molar-refractivity contribution in [3.8, 4) is 5.75 Å². The monoisotopic (exact) mass is 321 g/mol. The van der Waals surface area contributed by atoms with E-state index in [2.05, 4.69) is 5.32 Å². The number of hydrogen-bond donors (Lipinski definition) is 2. The van der Waals surface area contributed by atoms with E-state index in [1.165, 1.54) is 0 Å². The van der Waals surface area contributed by atoms with Crippen LogP contribution in [0.25, 0.3) is 0 Å². The Bertz CT molecular complexity index is 584. The second kappa shape index (κ2) is 7.96. The van der Waals surface area contributed by atoms with Crippen LogP contribution in [0, 0.1) is 0 Å². The molecule has 110 valence electrons. The summed E-state index contributed by atoms with van der Waals surface area (Å²) in [5.41, 5.74) is 0.885. The number of rotatable bonds is 6. The van der Waals surface area contributed by atoms with Gasteiger partial charge in [0, 0.05) is 22.2 Å². The lowest BCUT2D eigenvalue weighted by molar-refractivity contribution is -0.120. The van der Waals surface area contributed by atoms with Crippen LogP contribution in [0.1, 0.15) is 5.56 Å². The molecule has 0 saturated carbocycles. The molecule has 1 amide bonds. The van der Waals surface area contributed by atoms with Crippen molar-refractivity contribution in [3.63, 3.8) is 0 Å². The van der Waals surface area contributed by atoms with Crippen molar-refractivity contribution in [2.24, 2.45) is 0 Å². The Labute approximate surface area is 133 Å². The van der Waals surface area contributed by atoms with Crippen LogP contribution in [0.3, 0.4) is 0 Å². The van der Waals surface area contributed by atoms with Crippen molar-refractivity contribution in [2.45, 2.75) is 11.3 Å². The van der Waals surface area contributed by atoms with Gasteiger partial charge in [-0.1, -0.05) is 23.7 Å². The van der Waals surface area contributed by atoms with Crippen molar-refractivity contribution in [2.75, 3.05) is 12.3 Å². The molecule has 0 aliphatic carbocycles. The van der Waals surface area contributed by atoms with Gasteiger partial charge in [0.05, 0.1) is 6.42 Å². The molecule has 0 spiro atoms. The number of thioether (sulfide) groups is 1. The number of carbonyl (C=O) groups is 1. The number of phenolic OH excluding ortho intramolecular Hbond substituents is 1. The van der Waals surface area contributed by atoms with E-state index in [4.69, 9.17) is 11.6 Å². The van der Waals surface area contributed by atoms with Crippen LogP contribution in [0.4, 0.5) is 0 Å². The highest BCUT2D eigenvalue weighted by Crippen LogP contribution is 2.19. The molecule has 0 fully saturated rings. The molecule has 2 rings (SSSR count). The fourth-order valence-electron chi connectivity index (χ4n) is 1.75. The molecule has 0 bridgehead atoms. The van der Waals surface area contributed by atoms with Crippen molar-refractivity contribution in [3.05, 3.63) is 59.1 Å². The van der Waals surface area contributed by atoms with Gasteiger partial charge < -0.3 is 10.4 Å². The summed E-state index contributed by atoms with van der Waals surface area (Å²) in [6, 6.07) is 14.3. The van der Waals surface area contributed by atoms with Crippen molar-refractivity contribution >= 4 is 29.3 Å². The van der Waals surface area contributed by atoms with Crippen LogP contribution in [0.5, 0.6) is 5.75 Å². The summed E-state index contributed by atoms with van der Waals surface area (Å²) in [7, 11) is 0. The van der Waals surface area contributed by atoms with E-state index in [1.807, 2.05) is 24.3 Å². The zero-order valence-corrected chi connectivity index (χ0v) is 13.0. The highest BCUT2D eigenvalue weighted by molar-refractivity contribution is 7.99. The van der Waals surface area contributed by atoms with Gasteiger partial charge in [0.15, 0.2) is 0 Å². The molecule has 2 aromatic rings. The van der Waals surface area contributed by atoms with Gasteiger partial charge >= 0.3 is 0 Å². The molecule has 21 heavy (non-hydrogen) atoms. The average Bonchev–Trinajstić information content (AvgIpc) is 2.48. The van der Waals surface area contributed by atoms with Gasteiger partial charge in [-0.2, -0.15) is 0 Å². The van der Waals surface area contributed by atoms with Crippen LogP contribution in [-0.2, 0) is 11.2 Å². The van der Waals surface area contributed by atoms with Crippen molar-refractivity contribution < 1.29 is 9.90 Å². The molecule has 0 aromatic heterocycles. The fourth-order valence-corrected chi connectivity index (χ4v) is 2.65. The normalized spacial score (nSPS) is 10.3. The van der Waals surface area contributed by atoms with Gasteiger partial charge in [-0.3, -0.25) is 4.79 Å². The minimum absolute atomic E-state index is 0.0163. The van der Waals surface area contributed by atoms with E-state index < -0.39 is 0 Å². The van der Waals surface area contributed by atoms with Gasteiger partial charge in [0.25, 0.3) is 0 Å². The molecule has 2 aromatic carbocycles. The smallest absolute Gasteiger partial charge is 0.224 e. The highest BCUT2D eigenvalue weighted by Gasteiger charge is 2.03. The minimum Gasteiger partial charge on any atom is -0.508 e. The van der Waals surface area contributed by atoms with E-state index in [1.54, 1.807) is 36.0 Å². The lowest BCUT2D eigenvalue weighted by Gasteiger charge is -2.06. The summed E-state index contributed by atoms with van der Waals surface area (Å²) in [5.74, 6) is 0.999. The third-order valence-electron chi connectivity index (χ3n) is 2.81. The average molecular weight is 322 g/mol. The Kier molecular flexibility index (Phi) is 5.96. The maximum atomic E-state index is 11.8. The number of phenols is 1. The SMILES string of the molecule is O=C(Cc1ccc(O)cc1)NCCSc1ccc(Cl)cc1. The van der Waals surface area contributed by atoms with Gasteiger partial charge in [-0.15, -0.1) is 11.8 Å². The molecular weight excluding hydrogens is 306 g/mol. The standard InChI is InChI=1S/C16H16ClNO2S/c17-13-3-7-15(8-4-13)21-10-9-18-16(20)11-12-1-5-14(19)6-2-12/h1-8,19H,9-11H2,(H,18,20). The van der Waals surface area contributed by atoms with E-state index >= 15 is 0 Å². The number of aromatic hydroxyl groups is 1. The first-order chi connectivity index (χ1) is 10.1. The molecule has 0 aliphatic rings. The number of hydrogen-bond acceptors (Lipinski definition) is 3. The van der Waals surface area contributed by atoms with E-state index in [9.17, 15) is 9.90 Å². The molecule has 0 atom stereocenters. The van der Waals surface area contributed by atoms with Crippen molar-refractivity contribution in [1.82, 2.24) is 5.32 Å². The van der Waals surface area contributed by atoms with Gasteiger partial charge in [0.1, 0.15) is 5.75 Å². The minimum atomic E-state index is -0.0163. The van der Waals surface area contributed by atoms with E-state index in [0.29, 0.717) is 13.0 Å². The Hall–Kier alpha value is -1.65. The zero-order chi connectivity index (χ0) is 15.1. The summed E-state index contributed by atoms with van der Waals surface area (Å²) < 4.78 is 0. The number of nitrogens with one attached hydrogen (secondary N) is 1. The maximum Gasteiger partial charge on any atom is 0.224 e. The predicted molar refractivity (Wildman–Crippen MR) is 87.0 cm³/mol. The molecular formula is C16H16ClNO2S. The molecule has 0 saturated heterocycles. The second-order valence-corrected chi connectivity index (χ2v) is 6.10. The van der Waals surface area contributed by atoms with Crippen LogP contribution in [0.15, 0.2) is 53.4 Å². The predicted octanol–water partition coefficient (Wildman–Crippen LogP) is 3.50. The zero-order valence-electron chi connectivity index (χ0n) is 11.4. The third-order valence-corrected chi connectivity index (χ3v) is 4.07.